The quantitative estimate of drug-likeness (QED) is 0.928. The number of nitrogens with zero attached hydrogens (tertiary/aromatic N) is 1. The summed E-state index contributed by atoms with van der Waals surface area (Å²) >= 11 is 0. The zero-order chi connectivity index (χ0) is 14.7. The van der Waals surface area contributed by atoms with E-state index in [1.165, 1.54) is 0 Å². The zero-order valence-electron chi connectivity index (χ0n) is 13.0. The van der Waals surface area contributed by atoms with Crippen LogP contribution in [0.4, 0.5) is 0 Å². The number of carbonyl (C=O) groups excluding carboxylic acids is 1. The van der Waals surface area contributed by atoms with Crippen LogP contribution in [0.25, 0.3) is 0 Å². The molecule has 1 aromatic carbocycles. The molecule has 0 aromatic heterocycles. The molecule has 0 radical (unpaired) electrons. The predicted molar refractivity (Wildman–Crippen MR) is 87.0 cm³/mol. The Labute approximate surface area is 133 Å². The summed E-state index contributed by atoms with van der Waals surface area (Å²) in [5.41, 5.74) is 7.88. The molecule has 1 saturated heterocycles. The van der Waals surface area contributed by atoms with Gasteiger partial charge < -0.3 is 15.4 Å². The molecule has 1 aliphatic rings. The molecule has 1 fully saturated rings. The van der Waals surface area contributed by atoms with Crippen molar-refractivity contribution in [1.29, 1.82) is 0 Å². The van der Waals surface area contributed by atoms with Crippen molar-refractivity contribution in [1.82, 2.24) is 4.90 Å². The lowest BCUT2D eigenvalue weighted by Crippen LogP contribution is -2.37. The molecule has 0 aliphatic carbocycles. The number of aryl methyl sites for hydroxylation is 2. The Morgan fingerprint density at radius 3 is 2.76 bits per heavy atom. The number of likely N-dealkylation sites (tertiary alicyclic amines) is 1. The molecule has 1 aromatic rings. The van der Waals surface area contributed by atoms with Crippen molar-refractivity contribution in [2.45, 2.75) is 33.2 Å². The topological polar surface area (TPSA) is 55.6 Å². The van der Waals surface area contributed by atoms with E-state index in [9.17, 15) is 4.79 Å². The summed E-state index contributed by atoms with van der Waals surface area (Å²) in [6.07, 6.45) is 0.992. The van der Waals surface area contributed by atoms with Gasteiger partial charge in [0, 0.05) is 12.6 Å². The normalized spacial score (nSPS) is 21.0. The van der Waals surface area contributed by atoms with Crippen LogP contribution < -0.4 is 10.5 Å². The third-order valence-electron chi connectivity index (χ3n) is 4.01. The number of halogens is 1. The highest BCUT2D eigenvalue weighted by Crippen LogP contribution is 2.23. The third kappa shape index (κ3) is 4.35. The number of hydrogen-bond donors (Lipinski definition) is 1. The molecule has 21 heavy (non-hydrogen) atoms. The van der Waals surface area contributed by atoms with Crippen molar-refractivity contribution < 1.29 is 9.53 Å². The molecular formula is C16H25ClN2O2. The Morgan fingerprint density at radius 1 is 1.43 bits per heavy atom. The molecule has 2 unspecified atom stereocenters. The van der Waals surface area contributed by atoms with E-state index < -0.39 is 0 Å². The molecular weight excluding hydrogens is 288 g/mol. The second-order valence-corrected chi connectivity index (χ2v) is 5.79. The number of carbonyl (C=O) groups is 1. The first-order valence-corrected chi connectivity index (χ1v) is 7.21. The lowest BCUT2D eigenvalue weighted by molar-refractivity contribution is -0.134. The van der Waals surface area contributed by atoms with Gasteiger partial charge in [-0.05, 0) is 56.8 Å². The SMILES string of the molecule is Cc1ccc(C)c(OCC(=O)N2CC(CN)CC2C)c1.Cl. The summed E-state index contributed by atoms with van der Waals surface area (Å²) in [5, 5.41) is 0. The number of nitrogens with two attached hydrogens (primary N) is 1. The molecule has 1 amide bonds. The molecule has 1 aliphatic heterocycles. The fourth-order valence-corrected chi connectivity index (χ4v) is 2.75. The lowest BCUT2D eigenvalue weighted by Gasteiger charge is -2.22. The maximum absolute atomic E-state index is 12.2. The van der Waals surface area contributed by atoms with Gasteiger partial charge in [0.05, 0.1) is 0 Å². The van der Waals surface area contributed by atoms with Gasteiger partial charge in [-0.15, -0.1) is 12.4 Å². The summed E-state index contributed by atoms with van der Waals surface area (Å²) in [6.45, 7) is 7.58. The van der Waals surface area contributed by atoms with E-state index in [1.54, 1.807) is 0 Å². The second kappa shape index (κ2) is 7.66. The van der Waals surface area contributed by atoms with Crippen LogP contribution in [0, 0.1) is 19.8 Å². The van der Waals surface area contributed by atoms with Gasteiger partial charge in [-0.25, -0.2) is 0 Å². The van der Waals surface area contributed by atoms with Crippen molar-refractivity contribution in [2.24, 2.45) is 11.7 Å². The second-order valence-electron chi connectivity index (χ2n) is 5.79. The Morgan fingerprint density at radius 2 is 2.14 bits per heavy atom. The van der Waals surface area contributed by atoms with Crippen molar-refractivity contribution in [3.63, 3.8) is 0 Å². The summed E-state index contributed by atoms with van der Waals surface area (Å²) in [5.74, 6) is 1.27. The van der Waals surface area contributed by atoms with Gasteiger partial charge in [0.15, 0.2) is 6.61 Å². The van der Waals surface area contributed by atoms with Crippen LogP contribution in [0.1, 0.15) is 24.5 Å². The predicted octanol–water partition coefficient (Wildman–Crippen LogP) is 2.30. The molecule has 118 valence electrons. The van der Waals surface area contributed by atoms with Gasteiger partial charge in [0.25, 0.3) is 5.91 Å². The van der Waals surface area contributed by atoms with E-state index in [0.29, 0.717) is 12.5 Å². The maximum atomic E-state index is 12.2. The van der Waals surface area contributed by atoms with Crippen molar-refractivity contribution in [3.8, 4) is 5.75 Å². The highest BCUT2D eigenvalue weighted by Gasteiger charge is 2.31. The molecule has 0 bridgehead atoms. The van der Waals surface area contributed by atoms with Crippen LogP contribution in [-0.4, -0.2) is 36.5 Å². The maximum Gasteiger partial charge on any atom is 0.260 e. The molecule has 2 rings (SSSR count). The monoisotopic (exact) mass is 312 g/mol. The number of ether oxygens (including phenoxy) is 1. The first-order chi connectivity index (χ1) is 9.51. The fraction of sp³-hybridized carbons (Fsp3) is 0.562. The first kappa shape index (κ1) is 17.8. The zero-order valence-corrected chi connectivity index (χ0v) is 13.8. The van der Waals surface area contributed by atoms with Crippen LogP contribution in [0.3, 0.4) is 0 Å². The van der Waals surface area contributed by atoms with Crippen molar-refractivity contribution in [2.75, 3.05) is 19.7 Å². The van der Waals surface area contributed by atoms with Crippen molar-refractivity contribution >= 4 is 18.3 Å². The lowest BCUT2D eigenvalue weighted by atomic mass is 10.1. The number of hydrogen-bond acceptors (Lipinski definition) is 3. The van der Waals surface area contributed by atoms with Gasteiger partial charge in [-0.2, -0.15) is 0 Å². The minimum Gasteiger partial charge on any atom is -0.483 e. The first-order valence-electron chi connectivity index (χ1n) is 7.21. The summed E-state index contributed by atoms with van der Waals surface area (Å²) in [6, 6.07) is 6.29. The van der Waals surface area contributed by atoms with E-state index in [-0.39, 0.29) is 31.0 Å². The third-order valence-corrected chi connectivity index (χ3v) is 4.01. The van der Waals surface area contributed by atoms with E-state index in [2.05, 4.69) is 6.92 Å². The Hall–Kier alpha value is -1.26. The molecule has 2 atom stereocenters. The van der Waals surface area contributed by atoms with Gasteiger partial charge >= 0.3 is 0 Å². The van der Waals surface area contributed by atoms with E-state index in [4.69, 9.17) is 10.5 Å². The van der Waals surface area contributed by atoms with Crippen LogP contribution in [-0.2, 0) is 4.79 Å². The highest BCUT2D eigenvalue weighted by atomic mass is 35.5. The van der Waals surface area contributed by atoms with Gasteiger partial charge in [-0.1, -0.05) is 12.1 Å². The largest absolute Gasteiger partial charge is 0.483 e. The van der Waals surface area contributed by atoms with E-state index >= 15 is 0 Å². The van der Waals surface area contributed by atoms with Crippen LogP contribution in [0.2, 0.25) is 0 Å². The summed E-state index contributed by atoms with van der Waals surface area (Å²) in [7, 11) is 0. The van der Waals surface area contributed by atoms with Crippen LogP contribution >= 0.6 is 12.4 Å². The summed E-state index contributed by atoms with van der Waals surface area (Å²) < 4.78 is 5.69. The molecule has 0 spiro atoms. The summed E-state index contributed by atoms with van der Waals surface area (Å²) in [4.78, 5) is 14.1. The van der Waals surface area contributed by atoms with E-state index in [0.717, 1.165) is 29.8 Å². The number of amides is 1. The van der Waals surface area contributed by atoms with Crippen molar-refractivity contribution in [3.05, 3.63) is 29.3 Å². The van der Waals surface area contributed by atoms with Gasteiger partial charge in [-0.3, -0.25) is 4.79 Å². The number of benzene rings is 1. The van der Waals surface area contributed by atoms with Crippen LogP contribution in [0.15, 0.2) is 18.2 Å². The smallest absolute Gasteiger partial charge is 0.260 e. The van der Waals surface area contributed by atoms with Gasteiger partial charge in [0.2, 0.25) is 0 Å². The molecule has 1 heterocycles. The highest BCUT2D eigenvalue weighted by molar-refractivity contribution is 5.85. The molecule has 4 nitrogen and oxygen atoms in total. The molecule has 2 N–H and O–H groups in total. The molecule has 5 heteroatoms. The standard InChI is InChI=1S/C16H24N2O2.ClH/c1-11-4-5-12(2)15(6-11)20-10-16(19)18-9-14(8-17)7-13(18)3;/h4-6,13-14H,7-10,17H2,1-3H3;1H. The fourth-order valence-electron chi connectivity index (χ4n) is 2.75. The minimum atomic E-state index is 0. The van der Waals surface area contributed by atoms with E-state index in [1.807, 2.05) is 36.9 Å². The molecule has 0 saturated carbocycles. The Bertz CT molecular complexity index is 493. The minimum absolute atomic E-state index is 0. The Balaban J connectivity index is 0.00000220. The van der Waals surface area contributed by atoms with Gasteiger partial charge in [0.1, 0.15) is 5.75 Å². The number of rotatable bonds is 4. The average Bonchev–Trinajstić information content (AvgIpc) is 2.81. The Kier molecular flexibility index (Phi) is 6.49. The average molecular weight is 313 g/mol. The van der Waals surface area contributed by atoms with Crippen LogP contribution in [0.5, 0.6) is 5.75 Å².